The molecule has 1 saturated heterocycles. The van der Waals surface area contributed by atoms with Crippen LogP contribution in [-0.2, 0) is 20.8 Å². The average Bonchev–Trinajstić information content (AvgIpc) is 3.09. The first-order valence-electron chi connectivity index (χ1n) is 8.03. The maximum absolute atomic E-state index is 12.3. The third-order valence-corrected chi connectivity index (χ3v) is 3.81. The molecule has 0 spiro atoms. The largest absolute Gasteiger partial charge is 0.454 e. The van der Waals surface area contributed by atoms with Crippen LogP contribution >= 0.6 is 0 Å². The van der Waals surface area contributed by atoms with E-state index in [1.165, 1.54) is 0 Å². The van der Waals surface area contributed by atoms with Crippen molar-refractivity contribution < 1.29 is 23.8 Å². The van der Waals surface area contributed by atoms with Crippen LogP contribution in [0.2, 0.25) is 0 Å². The number of cyclic esters (lactones) is 1. The van der Waals surface area contributed by atoms with Gasteiger partial charge >= 0.3 is 12.1 Å². The third kappa shape index (κ3) is 4.81. The van der Waals surface area contributed by atoms with E-state index in [4.69, 9.17) is 14.2 Å². The van der Waals surface area contributed by atoms with Gasteiger partial charge in [0.2, 0.25) is 0 Å². The summed E-state index contributed by atoms with van der Waals surface area (Å²) in [6.45, 7) is 0.684. The number of alkyl carbamates (subject to hydrolysis) is 1. The molecule has 6 nitrogen and oxygen atoms in total. The molecule has 1 N–H and O–H groups in total. The van der Waals surface area contributed by atoms with Crippen LogP contribution in [-0.4, -0.2) is 37.4 Å². The van der Waals surface area contributed by atoms with Gasteiger partial charge in [-0.15, -0.1) is 0 Å². The molecule has 1 heterocycles. The van der Waals surface area contributed by atoms with Crippen LogP contribution in [0.5, 0.6) is 0 Å². The van der Waals surface area contributed by atoms with E-state index < -0.39 is 24.2 Å². The first kappa shape index (κ1) is 17.0. The van der Waals surface area contributed by atoms with Crippen molar-refractivity contribution in [3.8, 4) is 0 Å². The Bertz CT molecular complexity index is 704. The van der Waals surface area contributed by atoms with Crippen molar-refractivity contribution in [2.45, 2.75) is 18.8 Å². The Morgan fingerprint density at radius 3 is 2.44 bits per heavy atom. The standard InChI is InChI=1S/C19H19NO5/c21-18(15-9-5-2-6-10-15)25-17(16-12-24-19(22)20-16)13-23-11-14-7-3-1-4-8-14/h1-10,16-17H,11-13H2,(H,20,22)/t16-,17-/m1/s1. The van der Waals surface area contributed by atoms with E-state index in [9.17, 15) is 9.59 Å². The van der Waals surface area contributed by atoms with Crippen molar-refractivity contribution in [2.24, 2.45) is 0 Å². The zero-order chi connectivity index (χ0) is 17.5. The Kier molecular flexibility index (Phi) is 5.64. The molecule has 2 aromatic carbocycles. The molecular weight excluding hydrogens is 322 g/mol. The predicted octanol–water partition coefficient (Wildman–Crippen LogP) is 2.54. The second kappa shape index (κ2) is 8.30. The zero-order valence-corrected chi connectivity index (χ0v) is 13.6. The molecule has 1 aliphatic rings. The number of rotatable bonds is 7. The van der Waals surface area contributed by atoms with Crippen LogP contribution in [0.3, 0.4) is 0 Å². The Hall–Kier alpha value is -2.86. The minimum atomic E-state index is -0.636. The van der Waals surface area contributed by atoms with Gasteiger partial charge in [-0.3, -0.25) is 0 Å². The molecule has 0 aliphatic carbocycles. The van der Waals surface area contributed by atoms with Gasteiger partial charge in [-0.25, -0.2) is 9.59 Å². The molecule has 0 saturated carbocycles. The predicted molar refractivity (Wildman–Crippen MR) is 90.0 cm³/mol. The number of hydrogen-bond donors (Lipinski definition) is 1. The highest BCUT2D eigenvalue weighted by atomic mass is 16.6. The van der Waals surface area contributed by atoms with Crippen LogP contribution < -0.4 is 5.32 Å². The van der Waals surface area contributed by atoms with E-state index in [1.54, 1.807) is 24.3 Å². The molecule has 1 fully saturated rings. The third-order valence-electron chi connectivity index (χ3n) is 3.81. The summed E-state index contributed by atoms with van der Waals surface area (Å²) in [6.07, 6.45) is -1.16. The average molecular weight is 341 g/mol. The van der Waals surface area contributed by atoms with Crippen LogP contribution in [0.25, 0.3) is 0 Å². The van der Waals surface area contributed by atoms with E-state index in [1.807, 2.05) is 36.4 Å². The van der Waals surface area contributed by atoms with Crippen molar-refractivity contribution in [3.63, 3.8) is 0 Å². The fourth-order valence-electron chi connectivity index (χ4n) is 2.48. The van der Waals surface area contributed by atoms with E-state index in [0.29, 0.717) is 12.2 Å². The topological polar surface area (TPSA) is 73.9 Å². The van der Waals surface area contributed by atoms with Gasteiger partial charge in [-0.05, 0) is 17.7 Å². The molecule has 2 aromatic rings. The molecule has 0 bridgehead atoms. The number of carbonyl (C=O) groups excluding carboxylic acids is 2. The minimum absolute atomic E-state index is 0.139. The Morgan fingerprint density at radius 1 is 1.12 bits per heavy atom. The van der Waals surface area contributed by atoms with Gasteiger partial charge in [0.05, 0.1) is 18.8 Å². The lowest BCUT2D eigenvalue weighted by Crippen LogP contribution is -2.43. The molecule has 130 valence electrons. The van der Waals surface area contributed by atoms with Gasteiger partial charge in [-0.1, -0.05) is 48.5 Å². The monoisotopic (exact) mass is 341 g/mol. The maximum Gasteiger partial charge on any atom is 0.407 e. The van der Waals surface area contributed by atoms with Gasteiger partial charge in [0, 0.05) is 0 Å². The fraction of sp³-hybridized carbons (Fsp3) is 0.263. The summed E-state index contributed by atoms with van der Waals surface area (Å²) in [5, 5.41) is 2.64. The molecule has 1 aliphatic heterocycles. The molecule has 0 unspecified atom stereocenters. The lowest BCUT2D eigenvalue weighted by Gasteiger charge is -2.22. The summed E-state index contributed by atoms with van der Waals surface area (Å²) in [5.74, 6) is -0.463. The first-order chi connectivity index (χ1) is 12.2. The maximum atomic E-state index is 12.3. The van der Waals surface area contributed by atoms with E-state index >= 15 is 0 Å². The number of benzene rings is 2. The normalized spacial score (nSPS) is 17.4. The van der Waals surface area contributed by atoms with Crippen molar-refractivity contribution >= 4 is 12.1 Å². The van der Waals surface area contributed by atoms with Crippen LogP contribution in [0, 0.1) is 0 Å². The Labute approximate surface area is 145 Å². The molecule has 25 heavy (non-hydrogen) atoms. The molecule has 1 amide bonds. The highest BCUT2D eigenvalue weighted by molar-refractivity contribution is 5.89. The highest BCUT2D eigenvalue weighted by Crippen LogP contribution is 2.12. The van der Waals surface area contributed by atoms with E-state index in [-0.39, 0.29) is 13.2 Å². The number of hydrogen-bond acceptors (Lipinski definition) is 5. The first-order valence-corrected chi connectivity index (χ1v) is 8.03. The molecule has 6 heteroatoms. The van der Waals surface area contributed by atoms with Crippen molar-refractivity contribution in [2.75, 3.05) is 13.2 Å². The van der Waals surface area contributed by atoms with E-state index in [2.05, 4.69) is 5.32 Å². The highest BCUT2D eigenvalue weighted by Gasteiger charge is 2.33. The van der Waals surface area contributed by atoms with Gasteiger partial charge in [0.15, 0.2) is 0 Å². The lowest BCUT2D eigenvalue weighted by atomic mass is 10.1. The lowest BCUT2D eigenvalue weighted by molar-refractivity contribution is -0.0202. The molecule has 0 radical (unpaired) electrons. The summed E-state index contributed by atoms with van der Waals surface area (Å²) in [4.78, 5) is 23.6. The molecule has 0 aromatic heterocycles. The van der Waals surface area contributed by atoms with Crippen molar-refractivity contribution in [1.82, 2.24) is 5.32 Å². The number of nitrogens with one attached hydrogen (secondary N) is 1. The minimum Gasteiger partial charge on any atom is -0.454 e. The summed E-state index contributed by atoms with van der Waals surface area (Å²) >= 11 is 0. The van der Waals surface area contributed by atoms with Gasteiger partial charge in [0.25, 0.3) is 0 Å². The number of carbonyl (C=O) groups is 2. The fourth-order valence-corrected chi connectivity index (χ4v) is 2.48. The quantitative estimate of drug-likeness (QED) is 0.784. The van der Waals surface area contributed by atoms with Crippen LogP contribution in [0.1, 0.15) is 15.9 Å². The Morgan fingerprint density at radius 2 is 1.80 bits per heavy atom. The number of esters is 1. The van der Waals surface area contributed by atoms with Gasteiger partial charge < -0.3 is 19.5 Å². The Balaban J connectivity index is 1.61. The van der Waals surface area contributed by atoms with Gasteiger partial charge in [-0.2, -0.15) is 0 Å². The molecule has 3 rings (SSSR count). The van der Waals surface area contributed by atoms with Gasteiger partial charge in [0.1, 0.15) is 18.8 Å². The summed E-state index contributed by atoms with van der Waals surface area (Å²) in [7, 11) is 0. The summed E-state index contributed by atoms with van der Waals surface area (Å²) < 4.78 is 16.1. The summed E-state index contributed by atoms with van der Waals surface area (Å²) in [5.41, 5.74) is 1.46. The zero-order valence-electron chi connectivity index (χ0n) is 13.6. The van der Waals surface area contributed by atoms with Crippen LogP contribution in [0.15, 0.2) is 60.7 Å². The van der Waals surface area contributed by atoms with Crippen molar-refractivity contribution in [3.05, 3.63) is 71.8 Å². The number of ether oxygens (including phenoxy) is 3. The van der Waals surface area contributed by atoms with E-state index in [0.717, 1.165) is 5.56 Å². The molecule has 2 atom stereocenters. The smallest absolute Gasteiger partial charge is 0.407 e. The van der Waals surface area contributed by atoms with Crippen molar-refractivity contribution in [1.29, 1.82) is 0 Å². The summed E-state index contributed by atoms with van der Waals surface area (Å²) in [6, 6.07) is 17.9. The van der Waals surface area contributed by atoms with Crippen LogP contribution in [0.4, 0.5) is 4.79 Å². The molecular formula is C19H19NO5. The second-order valence-electron chi connectivity index (χ2n) is 5.66. The second-order valence-corrected chi connectivity index (χ2v) is 5.66. The number of amides is 1. The SMILES string of the molecule is O=C1N[C@@H]([C@@H](COCc2ccccc2)OC(=O)c2ccccc2)CO1.